The van der Waals surface area contributed by atoms with Crippen LogP contribution in [0.3, 0.4) is 0 Å². The molecule has 0 aliphatic heterocycles. The van der Waals surface area contributed by atoms with Gasteiger partial charge in [0.05, 0.1) is 11.5 Å². The van der Waals surface area contributed by atoms with Crippen LogP contribution in [0, 0.1) is 27.9 Å². The minimum atomic E-state index is -0.476. The summed E-state index contributed by atoms with van der Waals surface area (Å²) in [4.78, 5) is 22.4. The van der Waals surface area contributed by atoms with Gasteiger partial charge in [0, 0.05) is 12.1 Å². The van der Waals surface area contributed by atoms with E-state index in [1.54, 1.807) is 0 Å². The summed E-state index contributed by atoms with van der Waals surface area (Å²) in [6.45, 7) is 0.819. The van der Waals surface area contributed by atoms with Gasteiger partial charge >= 0.3 is 11.7 Å². The van der Waals surface area contributed by atoms with E-state index < -0.39 is 4.92 Å². The summed E-state index contributed by atoms with van der Waals surface area (Å²) >= 11 is 0. The largest absolute Gasteiger partial charge is 0.336 e. The molecule has 8 heteroatoms. The van der Waals surface area contributed by atoms with Crippen LogP contribution in [0.15, 0.2) is 12.4 Å². The Morgan fingerprint density at radius 2 is 1.92 bits per heavy atom. The van der Waals surface area contributed by atoms with Crippen molar-refractivity contribution in [1.82, 2.24) is 20.4 Å². The zero-order valence-corrected chi connectivity index (χ0v) is 13.6. The lowest BCUT2D eigenvalue weighted by molar-refractivity contribution is -0.385. The molecule has 5 rings (SSSR count). The molecule has 8 nitrogen and oxygen atoms in total. The number of carbonyl (C=O) groups excluding carboxylic acids is 1. The number of carbonyl (C=O) groups is 1. The molecule has 1 aromatic heterocycles. The van der Waals surface area contributed by atoms with Crippen molar-refractivity contribution in [2.45, 2.75) is 50.6 Å². The SMILES string of the molecule is O=C(NCCn1cc([N+](=O)[O-])cn1)NC12CC3CC(CC(C3)C1)C2. The first-order valence-corrected chi connectivity index (χ1v) is 8.74. The maximum absolute atomic E-state index is 12.3. The van der Waals surface area contributed by atoms with Crippen molar-refractivity contribution in [1.29, 1.82) is 0 Å². The minimum absolute atomic E-state index is 0.00329. The Hall–Kier alpha value is -2.12. The lowest BCUT2D eigenvalue weighted by Gasteiger charge is -2.56. The number of rotatable bonds is 5. The molecule has 4 bridgehead atoms. The second-order valence-electron chi connectivity index (χ2n) is 7.80. The summed E-state index contributed by atoms with van der Waals surface area (Å²) in [5.74, 6) is 2.38. The first kappa shape index (κ1) is 15.4. The van der Waals surface area contributed by atoms with Crippen molar-refractivity contribution in [3.8, 4) is 0 Å². The maximum atomic E-state index is 12.3. The summed E-state index contributed by atoms with van der Waals surface area (Å²) in [6, 6.07) is -0.126. The predicted molar refractivity (Wildman–Crippen MR) is 86.3 cm³/mol. The molecule has 2 amide bonds. The fraction of sp³-hybridized carbons (Fsp3) is 0.750. The van der Waals surface area contributed by atoms with Crippen molar-refractivity contribution < 1.29 is 9.72 Å². The molecular formula is C16H23N5O3. The summed E-state index contributed by atoms with van der Waals surface area (Å²) in [5, 5.41) is 20.6. The number of urea groups is 1. The van der Waals surface area contributed by atoms with Crippen molar-refractivity contribution in [2.75, 3.05) is 6.54 Å². The molecule has 2 N–H and O–H groups in total. The molecule has 0 aromatic carbocycles. The van der Waals surface area contributed by atoms with Crippen molar-refractivity contribution in [3.05, 3.63) is 22.5 Å². The highest BCUT2D eigenvalue weighted by Gasteiger charge is 2.51. The topological polar surface area (TPSA) is 102 Å². The summed E-state index contributed by atoms with van der Waals surface area (Å²) < 4.78 is 1.48. The van der Waals surface area contributed by atoms with Crippen LogP contribution in [0.2, 0.25) is 0 Å². The third kappa shape index (κ3) is 2.97. The fourth-order valence-electron chi connectivity index (χ4n) is 5.40. The monoisotopic (exact) mass is 333 g/mol. The van der Waals surface area contributed by atoms with Crippen molar-refractivity contribution in [3.63, 3.8) is 0 Å². The Bertz CT molecular complexity index is 621. The van der Waals surface area contributed by atoms with Crippen LogP contribution in [0.4, 0.5) is 10.5 Å². The zero-order valence-electron chi connectivity index (χ0n) is 13.6. The van der Waals surface area contributed by atoms with Crippen LogP contribution in [0.1, 0.15) is 38.5 Å². The summed E-state index contributed by atoms with van der Waals surface area (Å²) in [7, 11) is 0. The lowest BCUT2D eigenvalue weighted by atomic mass is 9.53. The van der Waals surface area contributed by atoms with E-state index in [0.717, 1.165) is 37.0 Å². The number of amides is 2. The average Bonchev–Trinajstić information content (AvgIpc) is 2.94. The van der Waals surface area contributed by atoms with E-state index in [2.05, 4.69) is 15.7 Å². The molecule has 1 heterocycles. The summed E-state index contributed by atoms with van der Waals surface area (Å²) in [6.07, 6.45) is 10.0. The number of nitro groups is 1. The molecule has 130 valence electrons. The first-order chi connectivity index (χ1) is 11.5. The Balaban J connectivity index is 1.27. The Morgan fingerprint density at radius 3 is 2.46 bits per heavy atom. The van der Waals surface area contributed by atoms with Gasteiger partial charge in [-0.2, -0.15) is 5.10 Å². The third-order valence-electron chi connectivity index (χ3n) is 5.87. The molecule has 0 saturated heterocycles. The second-order valence-corrected chi connectivity index (χ2v) is 7.80. The number of hydrogen-bond acceptors (Lipinski definition) is 4. The van der Waals surface area contributed by atoms with Gasteiger partial charge < -0.3 is 10.6 Å². The third-order valence-corrected chi connectivity index (χ3v) is 5.87. The predicted octanol–water partition coefficient (Wildman–Crippen LogP) is 2.06. The number of aromatic nitrogens is 2. The van der Waals surface area contributed by atoms with Crippen LogP contribution < -0.4 is 10.6 Å². The fourth-order valence-corrected chi connectivity index (χ4v) is 5.40. The van der Waals surface area contributed by atoms with Crippen LogP contribution >= 0.6 is 0 Å². The molecule has 4 aliphatic carbocycles. The Labute approximate surface area is 140 Å². The lowest BCUT2D eigenvalue weighted by Crippen LogP contribution is -2.61. The number of nitrogens with zero attached hydrogens (tertiary/aromatic N) is 3. The zero-order chi connectivity index (χ0) is 16.7. The molecule has 0 spiro atoms. The second kappa shape index (κ2) is 5.75. The van der Waals surface area contributed by atoms with E-state index in [1.807, 2.05) is 0 Å². The smallest absolute Gasteiger partial charge is 0.315 e. The summed E-state index contributed by atoms with van der Waals surface area (Å²) in [5.41, 5.74) is -0.0309. The molecular weight excluding hydrogens is 310 g/mol. The highest BCUT2D eigenvalue weighted by Crippen LogP contribution is 2.55. The van der Waals surface area contributed by atoms with Crippen LogP contribution in [0.25, 0.3) is 0 Å². The average molecular weight is 333 g/mol. The molecule has 0 atom stereocenters. The van der Waals surface area contributed by atoms with Gasteiger partial charge in [-0.3, -0.25) is 14.8 Å². The molecule has 0 radical (unpaired) electrons. The van der Waals surface area contributed by atoms with E-state index in [4.69, 9.17) is 0 Å². The van der Waals surface area contributed by atoms with E-state index in [-0.39, 0.29) is 17.3 Å². The van der Waals surface area contributed by atoms with Crippen molar-refractivity contribution >= 4 is 11.7 Å². The molecule has 4 saturated carbocycles. The molecule has 1 aromatic rings. The van der Waals surface area contributed by atoms with Gasteiger partial charge in [0.2, 0.25) is 0 Å². The molecule has 24 heavy (non-hydrogen) atoms. The molecule has 0 unspecified atom stereocenters. The van der Waals surface area contributed by atoms with Crippen LogP contribution in [-0.4, -0.2) is 32.8 Å². The molecule has 4 fully saturated rings. The van der Waals surface area contributed by atoms with Gasteiger partial charge in [0.25, 0.3) is 0 Å². The van der Waals surface area contributed by atoms with E-state index in [0.29, 0.717) is 13.1 Å². The van der Waals surface area contributed by atoms with Gasteiger partial charge in [0.1, 0.15) is 12.4 Å². The van der Waals surface area contributed by atoms with E-state index in [9.17, 15) is 14.9 Å². The maximum Gasteiger partial charge on any atom is 0.315 e. The van der Waals surface area contributed by atoms with Gasteiger partial charge in [-0.05, 0) is 56.3 Å². The van der Waals surface area contributed by atoms with Gasteiger partial charge in [0.15, 0.2) is 0 Å². The quantitative estimate of drug-likeness (QED) is 0.636. The van der Waals surface area contributed by atoms with Gasteiger partial charge in [-0.1, -0.05) is 0 Å². The van der Waals surface area contributed by atoms with Crippen LogP contribution in [0.5, 0.6) is 0 Å². The number of hydrogen-bond donors (Lipinski definition) is 2. The minimum Gasteiger partial charge on any atom is -0.336 e. The van der Waals surface area contributed by atoms with E-state index in [1.165, 1.54) is 36.3 Å². The number of nitrogens with one attached hydrogen (secondary N) is 2. The van der Waals surface area contributed by atoms with Crippen molar-refractivity contribution in [2.24, 2.45) is 17.8 Å². The van der Waals surface area contributed by atoms with E-state index >= 15 is 0 Å². The Morgan fingerprint density at radius 1 is 1.29 bits per heavy atom. The standard InChI is InChI=1S/C16H23N5O3/c22-15(17-1-2-20-10-14(9-18-20)21(23)24)19-16-6-11-3-12(7-16)5-13(4-11)8-16/h9-13H,1-8H2,(H2,17,19,22). The van der Waals surface area contributed by atoms with Crippen LogP contribution in [-0.2, 0) is 6.54 Å². The first-order valence-electron chi connectivity index (χ1n) is 8.74. The highest BCUT2D eigenvalue weighted by atomic mass is 16.6. The Kier molecular flexibility index (Phi) is 3.69. The van der Waals surface area contributed by atoms with Gasteiger partial charge in [-0.25, -0.2) is 4.79 Å². The highest BCUT2D eigenvalue weighted by molar-refractivity contribution is 5.74. The van der Waals surface area contributed by atoms with Gasteiger partial charge in [-0.15, -0.1) is 0 Å². The normalized spacial score (nSPS) is 33.4. The molecule has 4 aliphatic rings.